The summed E-state index contributed by atoms with van der Waals surface area (Å²) < 4.78 is 5.55. The van der Waals surface area contributed by atoms with Crippen LogP contribution in [0.2, 0.25) is 10.0 Å². The number of carbonyl (C=O) groups is 3. The van der Waals surface area contributed by atoms with E-state index in [1.807, 2.05) is 0 Å². The zero-order valence-corrected chi connectivity index (χ0v) is 13.9. The lowest BCUT2D eigenvalue weighted by molar-refractivity contribution is -0.149. The fraction of sp³-hybridized carbons (Fsp3) is 0.267. The van der Waals surface area contributed by atoms with Crippen molar-refractivity contribution in [3.05, 3.63) is 39.9 Å². The van der Waals surface area contributed by atoms with Crippen LogP contribution in [0.25, 0.3) is 0 Å². The van der Waals surface area contributed by atoms with Gasteiger partial charge >= 0.3 is 0 Å². The maximum Gasteiger partial charge on any atom is 0.280 e. The molecule has 0 saturated carbocycles. The summed E-state index contributed by atoms with van der Waals surface area (Å²) in [6, 6.07) is 4.62. The van der Waals surface area contributed by atoms with Gasteiger partial charge in [-0.2, -0.15) is 5.01 Å². The molecule has 0 aromatic heterocycles. The Morgan fingerprint density at radius 2 is 2.04 bits per heavy atom. The van der Waals surface area contributed by atoms with Gasteiger partial charge in [0.05, 0.1) is 5.02 Å². The van der Waals surface area contributed by atoms with Gasteiger partial charge < -0.3 is 4.74 Å². The second kappa shape index (κ2) is 7.02. The fourth-order valence-corrected chi connectivity index (χ4v) is 2.24. The van der Waals surface area contributed by atoms with Gasteiger partial charge in [-0.3, -0.25) is 19.8 Å². The highest BCUT2D eigenvalue weighted by Crippen LogP contribution is 2.29. The van der Waals surface area contributed by atoms with E-state index in [1.54, 1.807) is 19.1 Å². The third-order valence-electron chi connectivity index (χ3n) is 3.15. The third kappa shape index (κ3) is 3.83. The molecule has 0 bridgehead atoms. The summed E-state index contributed by atoms with van der Waals surface area (Å²) in [5.41, 5.74) is 2.51. The summed E-state index contributed by atoms with van der Waals surface area (Å²) in [5, 5.41) is 1.36. The van der Waals surface area contributed by atoms with Crippen molar-refractivity contribution in [1.82, 2.24) is 10.4 Å². The number of amides is 3. The molecule has 23 heavy (non-hydrogen) atoms. The lowest BCUT2D eigenvalue weighted by Crippen LogP contribution is -2.51. The molecule has 1 aliphatic rings. The van der Waals surface area contributed by atoms with Crippen LogP contribution in [0.15, 0.2) is 29.8 Å². The van der Waals surface area contributed by atoms with Crippen LogP contribution in [0.1, 0.15) is 20.3 Å². The monoisotopic (exact) mass is 356 g/mol. The molecule has 1 heterocycles. The SMILES string of the molecule is CC[C@H](Oc1cc(Cl)ccc1Cl)C(=O)NN1C(=O)C=C(C)C1=O. The Morgan fingerprint density at radius 3 is 2.61 bits per heavy atom. The van der Waals surface area contributed by atoms with Gasteiger partial charge in [0.15, 0.2) is 6.10 Å². The molecule has 3 amide bonds. The van der Waals surface area contributed by atoms with Crippen LogP contribution in [0.5, 0.6) is 5.75 Å². The number of carbonyl (C=O) groups excluding carboxylic acids is 3. The van der Waals surface area contributed by atoms with Crippen LogP contribution >= 0.6 is 23.2 Å². The molecule has 122 valence electrons. The Balaban J connectivity index is 2.09. The number of ether oxygens (including phenoxy) is 1. The number of nitrogens with zero attached hydrogens (tertiary/aromatic N) is 1. The largest absolute Gasteiger partial charge is 0.479 e. The number of benzene rings is 1. The van der Waals surface area contributed by atoms with Crippen LogP contribution in [0.4, 0.5) is 0 Å². The quantitative estimate of drug-likeness (QED) is 0.822. The van der Waals surface area contributed by atoms with Crippen LogP contribution in [-0.4, -0.2) is 28.8 Å². The Labute approximate surface area is 143 Å². The highest BCUT2D eigenvalue weighted by Gasteiger charge is 2.32. The molecular weight excluding hydrogens is 343 g/mol. The molecular formula is C15H14Cl2N2O4. The van der Waals surface area contributed by atoms with Crippen molar-refractivity contribution in [2.75, 3.05) is 0 Å². The number of hydrogen-bond acceptors (Lipinski definition) is 4. The molecule has 0 aliphatic carbocycles. The van der Waals surface area contributed by atoms with E-state index < -0.39 is 23.8 Å². The minimum Gasteiger partial charge on any atom is -0.479 e. The number of halogens is 2. The molecule has 0 spiro atoms. The molecule has 1 aromatic carbocycles. The first kappa shape index (κ1) is 17.3. The first-order valence-corrected chi connectivity index (χ1v) is 7.58. The van der Waals surface area contributed by atoms with Crippen LogP contribution in [0.3, 0.4) is 0 Å². The zero-order chi connectivity index (χ0) is 17.1. The van der Waals surface area contributed by atoms with Gasteiger partial charge in [0, 0.05) is 22.7 Å². The molecule has 0 saturated heterocycles. The molecule has 0 unspecified atom stereocenters. The Morgan fingerprint density at radius 1 is 1.35 bits per heavy atom. The van der Waals surface area contributed by atoms with Crippen molar-refractivity contribution in [2.45, 2.75) is 26.4 Å². The van der Waals surface area contributed by atoms with Gasteiger partial charge in [-0.05, 0) is 25.5 Å². The van der Waals surface area contributed by atoms with Crippen LogP contribution in [-0.2, 0) is 14.4 Å². The normalized spacial score (nSPS) is 15.5. The highest BCUT2D eigenvalue weighted by molar-refractivity contribution is 6.34. The average molecular weight is 357 g/mol. The maximum atomic E-state index is 12.2. The minimum absolute atomic E-state index is 0.245. The summed E-state index contributed by atoms with van der Waals surface area (Å²) in [5.74, 6) is -1.56. The first-order valence-electron chi connectivity index (χ1n) is 6.82. The van der Waals surface area contributed by atoms with Gasteiger partial charge in [-0.15, -0.1) is 0 Å². The van der Waals surface area contributed by atoms with Crippen LogP contribution in [0, 0.1) is 0 Å². The van der Waals surface area contributed by atoms with E-state index in [-0.39, 0.29) is 11.3 Å². The van der Waals surface area contributed by atoms with E-state index >= 15 is 0 Å². The number of hydrazine groups is 1. The van der Waals surface area contributed by atoms with Crippen molar-refractivity contribution in [2.24, 2.45) is 0 Å². The summed E-state index contributed by atoms with van der Waals surface area (Å²) in [6.45, 7) is 3.21. The third-order valence-corrected chi connectivity index (χ3v) is 3.70. The molecule has 6 nitrogen and oxygen atoms in total. The molecule has 2 rings (SSSR count). The number of hydrogen-bond donors (Lipinski definition) is 1. The van der Waals surface area contributed by atoms with Crippen molar-refractivity contribution in [1.29, 1.82) is 0 Å². The molecule has 1 aromatic rings. The van der Waals surface area contributed by atoms with Crippen molar-refractivity contribution in [3.8, 4) is 5.75 Å². The topological polar surface area (TPSA) is 75.7 Å². The Kier molecular flexibility index (Phi) is 5.28. The standard InChI is InChI=1S/C15H14Cl2N2O4/c1-3-11(23-12-7-9(16)4-5-10(12)17)14(21)18-19-13(20)6-8(2)15(19)22/h4-7,11H,3H2,1-2H3,(H,18,21)/t11-/m0/s1. The second-order valence-electron chi connectivity index (χ2n) is 4.87. The molecule has 0 radical (unpaired) electrons. The molecule has 1 atom stereocenters. The summed E-state index contributed by atoms with van der Waals surface area (Å²) in [6.07, 6.45) is 0.516. The highest BCUT2D eigenvalue weighted by atomic mass is 35.5. The van der Waals surface area contributed by atoms with E-state index in [0.717, 1.165) is 6.08 Å². The minimum atomic E-state index is -0.938. The van der Waals surface area contributed by atoms with E-state index in [1.165, 1.54) is 13.0 Å². The lowest BCUT2D eigenvalue weighted by atomic mass is 10.2. The van der Waals surface area contributed by atoms with E-state index in [4.69, 9.17) is 27.9 Å². The summed E-state index contributed by atoms with van der Waals surface area (Å²) >= 11 is 11.9. The van der Waals surface area contributed by atoms with Crippen molar-refractivity contribution < 1.29 is 19.1 Å². The number of nitrogens with one attached hydrogen (secondary N) is 1. The Bertz CT molecular complexity index is 703. The maximum absolute atomic E-state index is 12.2. The molecule has 1 aliphatic heterocycles. The van der Waals surface area contributed by atoms with E-state index in [9.17, 15) is 14.4 Å². The predicted octanol–water partition coefficient (Wildman–Crippen LogP) is 2.50. The summed E-state index contributed by atoms with van der Waals surface area (Å²) in [4.78, 5) is 35.6. The predicted molar refractivity (Wildman–Crippen MR) is 84.9 cm³/mol. The van der Waals surface area contributed by atoms with Crippen molar-refractivity contribution >= 4 is 40.9 Å². The van der Waals surface area contributed by atoms with Gasteiger partial charge in [-0.1, -0.05) is 30.1 Å². The van der Waals surface area contributed by atoms with E-state index in [0.29, 0.717) is 21.5 Å². The molecule has 8 heteroatoms. The summed E-state index contributed by atoms with van der Waals surface area (Å²) in [7, 11) is 0. The smallest absolute Gasteiger partial charge is 0.280 e. The number of rotatable bonds is 5. The van der Waals surface area contributed by atoms with Crippen molar-refractivity contribution in [3.63, 3.8) is 0 Å². The molecule has 1 N–H and O–H groups in total. The van der Waals surface area contributed by atoms with Crippen LogP contribution < -0.4 is 10.2 Å². The second-order valence-corrected chi connectivity index (χ2v) is 5.72. The van der Waals surface area contributed by atoms with Gasteiger partial charge in [0.2, 0.25) is 0 Å². The fourth-order valence-electron chi connectivity index (χ4n) is 1.92. The average Bonchev–Trinajstić information content (AvgIpc) is 2.74. The molecule has 0 fully saturated rings. The lowest BCUT2D eigenvalue weighted by Gasteiger charge is -2.21. The first-order chi connectivity index (χ1) is 10.8. The van der Waals surface area contributed by atoms with E-state index in [2.05, 4.69) is 5.43 Å². The van der Waals surface area contributed by atoms with Gasteiger partial charge in [0.1, 0.15) is 5.75 Å². The Hall–Kier alpha value is -2.05. The zero-order valence-electron chi connectivity index (χ0n) is 12.4. The van der Waals surface area contributed by atoms with Gasteiger partial charge in [0.25, 0.3) is 17.7 Å². The number of imide groups is 1. The van der Waals surface area contributed by atoms with Gasteiger partial charge in [-0.25, -0.2) is 0 Å².